The van der Waals surface area contributed by atoms with Crippen LogP contribution in [0.2, 0.25) is 0 Å². The standard InChI is InChI=1S/C18H15FN4O3/c1-11-2-7-15-20-9-14(18(26)23(15)10-11)17(25)22-21-16(24)8-12-3-5-13(19)6-4-12/h2-7,9-10H,8H2,1H3,(H,21,24)(H,22,25). The van der Waals surface area contributed by atoms with E-state index in [0.29, 0.717) is 11.2 Å². The molecule has 2 N–H and O–H groups in total. The number of hydrogen-bond donors (Lipinski definition) is 2. The molecule has 2 amide bonds. The second kappa shape index (κ2) is 7.14. The number of benzene rings is 1. The van der Waals surface area contributed by atoms with Crippen LogP contribution >= 0.6 is 0 Å². The maximum atomic E-state index is 12.8. The summed E-state index contributed by atoms with van der Waals surface area (Å²) in [6, 6.07) is 8.90. The van der Waals surface area contributed by atoms with E-state index in [2.05, 4.69) is 15.8 Å². The van der Waals surface area contributed by atoms with Gasteiger partial charge in [0.25, 0.3) is 11.5 Å². The Kier molecular flexibility index (Phi) is 4.74. The van der Waals surface area contributed by atoms with Gasteiger partial charge in [0.1, 0.15) is 17.0 Å². The van der Waals surface area contributed by atoms with E-state index >= 15 is 0 Å². The van der Waals surface area contributed by atoms with E-state index in [9.17, 15) is 18.8 Å². The number of hydrogen-bond acceptors (Lipinski definition) is 4. The Morgan fingerprint density at radius 3 is 2.58 bits per heavy atom. The second-order valence-corrected chi connectivity index (χ2v) is 5.72. The van der Waals surface area contributed by atoms with Crippen molar-refractivity contribution in [1.29, 1.82) is 0 Å². The van der Waals surface area contributed by atoms with Crippen molar-refractivity contribution in [3.63, 3.8) is 0 Å². The Hall–Kier alpha value is -3.55. The zero-order chi connectivity index (χ0) is 18.7. The molecule has 7 nitrogen and oxygen atoms in total. The third kappa shape index (κ3) is 3.75. The van der Waals surface area contributed by atoms with Gasteiger partial charge in [-0.25, -0.2) is 9.37 Å². The quantitative estimate of drug-likeness (QED) is 0.690. The maximum Gasteiger partial charge on any atom is 0.276 e. The van der Waals surface area contributed by atoms with Crippen LogP contribution in [0.25, 0.3) is 5.65 Å². The van der Waals surface area contributed by atoms with Crippen LogP contribution in [0.3, 0.4) is 0 Å². The number of pyridine rings is 1. The molecule has 0 fully saturated rings. The monoisotopic (exact) mass is 354 g/mol. The van der Waals surface area contributed by atoms with E-state index < -0.39 is 23.2 Å². The average Bonchev–Trinajstić information content (AvgIpc) is 2.62. The summed E-state index contributed by atoms with van der Waals surface area (Å²) in [4.78, 5) is 40.5. The topological polar surface area (TPSA) is 92.6 Å². The number of amides is 2. The Morgan fingerprint density at radius 1 is 1.12 bits per heavy atom. The predicted molar refractivity (Wildman–Crippen MR) is 91.9 cm³/mol. The van der Waals surface area contributed by atoms with E-state index in [4.69, 9.17) is 0 Å². The van der Waals surface area contributed by atoms with E-state index in [1.807, 2.05) is 6.92 Å². The first kappa shape index (κ1) is 17.3. The highest BCUT2D eigenvalue weighted by atomic mass is 19.1. The molecule has 2 heterocycles. The SMILES string of the molecule is Cc1ccc2ncc(C(=O)NNC(=O)Cc3ccc(F)cc3)c(=O)n2c1. The summed E-state index contributed by atoms with van der Waals surface area (Å²) >= 11 is 0. The van der Waals surface area contributed by atoms with Crippen LogP contribution < -0.4 is 16.4 Å². The lowest BCUT2D eigenvalue weighted by atomic mass is 10.1. The lowest BCUT2D eigenvalue weighted by Gasteiger charge is -2.08. The smallest absolute Gasteiger partial charge is 0.273 e. The number of hydrazine groups is 1. The summed E-state index contributed by atoms with van der Waals surface area (Å²) in [5.74, 6) is -1.68. The Balaban J connectivity index is 1.69. The van der Waals surface area contributed by atoms with Gasteiger partial charge in [-0.3, -0.25) is 29.6 Å². The predicted octanol–water partition coefficient (Wildman–Crippen LogP) is 1.15. The van der Waals surface area contributed by atoms with Gasteiger partial charge in [-0.05, 0) is 36.2 Å². The minimum atomic E-state index is -0.772. The van der Waals surface area contributed by atoms with Crippen molar-refractivity contribution in [3.8, 4) is 0 Å². The van der Waals surface area contributed by atoms with Gasteiger partial charge < -0.3 is 0 Å². The van der Waals surface area contributed by atoms with Gasteiger partial charge in [0, 0.05) is 12.4 Å². The van der Waals surface area contributed by atoms with E-state index in [1.54, 1.807) is 18.3 Å². The van der Waals surface area contributed by atoms with Gasteiger partial charge in [-0.1, -0.05) is 18.2 Å². The highest BCUT2D eigenvalue weighted by Crippen LogP contribution is 2.03. The van der Waals surface area contributed by atoms with Crippen LogP contribution in [-0.4, -0.2) is 21.2 Å². The molecule has 0 aliphatic heterocycles. The summed E-state index contributed by atoms with van der Waals surface area (Å²) in [5, 5.41) is 0. The third-order valence-corrected chi connectivity index (χ3v) is 3.69. The highest BCUT2D eigenvalue weighted by molar-refractivity contribution is 5.95. The Morgan fingerprint density at radius 2 is 1.85 bits per heavy atom. The number of carbonyl (C=O) groups excluding carboxylic acids is 2. The van der Waals surface area contributed by atoms with Gasteiger partial charge in [-0.2, -0.15) is 0 Å². The van der Waals surface area contributed by atoms with Gasteiger partial charge in [0.15, 0.2) is 0 Å². The maximum absolute atomic E-state index is 12.8. The summed E-state index contributed by atoms with van der Waals surface area (Å²) in [7, 11) is 0. The van der Waals surface area contributed by atoms with E-state index in [1.165, 1.54) is 28.7 Å². The van der Waals surface area contributed by atoms with Crippen molar-refractivity contribution in [2.75, 3.05) is 0 Å². The number of nitrogens with zero attached hydrogens (tertiary/aromatic N) is 2. The molecule has 132 valence electrons. The molecule has 0 atom stereocenters. The number of nitrogens with one attached hydrogen (secondary N) is 2. The van der Waals surface area contributed by atoms with Gasteiger partial charge in [0.05, 0.1) is 6.42 Å². The van der Waals surface area contributed by atoms with Crippen molar-refractivity contribution in [3.05, 3.63) is 81.7 Å². The first-order chi connectivity index (χ1) is 12.4. The Labute approximate surface area is 147 Å². The van der Waals surface area contributed by atoms with Gasteiger partial charge >= 0.3 is 0 Å². The zero-order valence-corrected chi connectivity index (χ0v) is 13.8. The molecule has 0 bridgehead atoms. The van der Waals surface area contributed by atoms with Crippen molar-refractivity contribution < 1.29 is 14.0 Å². The van der Waals surface area contributed by atoms with Crippen LogP contribution in [0.1, 0.15) is 21.5 Å². The second-order valence-electron chi connectivity index (χ2n) is 5.72. The molecule has 0 aliphatic carbocycles. The lowest BCUT2D eigenvalue weighted by molar-refractivity contribution is -0.121. The van der Waals surface area contributed by atoms with Crippen LogP contribution in [0.4, 0.5) is 4.39 Å². The average molecular weight is 354 g/mol. The normalized spacial score (nSPS) is 10.5. The number of fused-ring (bicyclic) bond motifs is 1. The van der Waals surface area contributed by atoms with Crippen LogP contribution in [0.5, 0.6) is 0 Å². The lowest BCUT2D eigenvalue weighted by Crippen LogP contribution is -2.44. The molecular formula is C18H15FN4O3. The first-order valence-corrected chi connectivity index (χ1v) is 7.76. The third-order valence-electron chi connectivity index (χ3n) is 3.69. The molecule has 3 aromatic rings. The number of aryl methyl sites for hydroxylation is 1. The molecule has 0 saturated heterocycles. The van der Waals surface area contributed by atoms with Gasteiger partial charge in [0.2, 0.25) is 5.91 Å². The van der Waals surface area contributed by atoms with Crippen molar-refractivity contribution >= 4 is 17.5 Å². The summed E-state index contributed by atoms with van der Waals surface area (Å²) in [6.07, 6.45) is 2.69. The Bertz CT molecular complexity index is 1040. The summed E-state index contributed by atoms with van der Waals surface area (Å²) in [6.45, 7) is 1.81. The largest absolute Gasteiger partial charge is 0.276 e. The van der Waals surface area contributed by atoms with Crippen LogP contribution in [0, 0.1) is 12.7 Å². The van der Waals surface area contributed by atoms with Crippen molar-refractivity contribution in [2.24, 2.45) is 0 Å². The molecule has 0 saturated carbocycles. The molecule has 2 aromatic heterocycles. The summed E-state index contributed by atoms with van der Waals surface area (Å²) in [5.41, 5.74) is 5.51. The van der Waals surface area contributed by atoms with E-state index in [0.717, 1.165) is 11.8 Å². The highest BCUT2D eigenvalue weighted by Gasteiger charge is 2.14. The van der Waals surface area contributed by atoms with Crippen molar-refractivity contribution in [2.45, 2.75) is 13.3 Å². The molecule has 26 heavy (non-hydrogen) atoms. The number of halogens is 1. The minimum Gasteiger partial charge on any atom is -0.273 e. The molecular weight excluding hydrogens is 339 g/mol. The fraction of sp³-hybridized carbons (Fsp3) is 0.111. The molecule has 0 spiro atoms. The first-order valence-electron chi connectivity index (χ1n) is 7.76. The van der Waals surface area contributed by atoms with Crippen LogP contribution in [0.15, 0.2) is 53.6 Å². The molecule has 0 radical (unpaired) electrons. The van der Waals surface area contributed by atoms with Crippen LogP contribution in [-0.2, 0) is 11.2 Å². The zero-order valence-electron chi connectivity index (χ0n) is 13.8. The van der Waals surface area contributed by atoms with Crippen molar-refractivity contribution in [1.82, 2.24) is 20.2 Å². The number of rotatable bonds is 3. The van der Waals surface area contributed by atoms with E-state index in [-0.39, 0.29) is 12.0 Å². The molecule has 3 rings (SSSR count). The fourth-order valence-electron chi connectivity index (χ4n) is 2.36. The minimum absolute atomic E-state index is 0.0469. The number of carbonyl (C=O) groups is 2. The molecule has 1 aromatic carbocycles. The number of aromatic nitrogens is 2. The molecule has 0 unspecified atom stereocenters. The van der Waals surface area contributed by atoms with Gasteiger partial charge in [-0.15, -0.1) is 0 Å². The molecule has 8 heteroatoms. The molecule has 0 aliphatic rings. The fourth-order valence-corrected chi connectivity index (χ4v) is 2.36. The summed E-state index contributed by atoms with van der Waals surface area (Å²) < 4.78 is 14.1.